The van der Waals surface area contributed by atoms with Crippen LogP contribution in [0.5, 0.6) is 0 Å². The average Bonchev–Trinajstić information content (AvgIpc) is 1.88. The van der Waals surface area contributed by atoms with Crippen LogP contribution in [0.1, 0.15) is 12.8 Å². The minimum Gasteiger partial charge on any atom is -0.405 e. The van der Waals surface area contributed by atoms with Gasteiger partial charge in [0.25, 0.3) is 0 Å². The van der Waals surface area contributed by atoms with Gasteiger partial charge in [0.2, 0.25) is 0 Å². The second-order valence-corrected chi connectivity index (χ2v) is 2.08. The minimum absolute atomic E-state index is 0.533. The van der Waals surface area contributed by atoms with Crippen molar-refractivity contribution in [1.82, 2.24) is 0 Å². The van der Waals surface area contributed by atoms with E-state index in [9.17, 15) is 0 Å². The number of rotatable bonds is 4. The Kier molecular flexibility index (Phi) is 4.92. The van der Waals surface area contributed by atoms with Crippen molar-refractivity contribution in [2.75, 3.05) is 0 Å². The van der Waals surface area contributed by atoms with Gasteiger partial charge in [-0.3, -0.25) is 0 Å². The van der Waals surface area contributed by atoms with Crippen LogP contribution >= 0.6 is 0 Å². The molecule has 0 aromatic heterocycles. The molecule has 0 aliphatic heterocycles. The lowest BCUT2D eigenvalue weighted by Crippen LogP contribution is -2.33. The second-order valence-electron chi connectivity index (χ2n) is 2.08. The number of hydrogen-bond donors (Lipinski definition) is 4. The first-order valence-corrected chi connectivity index (χ1v) is 3.17. The Morgan fingerprint density at radius 1 is 1.40 bits per heavy atom. The quantitative estimate of drug-likeness (QED) is 0.378. The molecule has 6 N–H and O–H groups in total. The fraction of sp³-hybridized carbons (Fsp3) is 0.667. The highest BCUT2D eigenvalue weighted by Crippen LogP contribution is 1.97. The summed E-state index contributed by atoms with van der Waals surface area (Å²) in [5.74, 6) is 0. The topological polar surface area (TPSA) is 92.5 Å². The van der Waals surface area contributed by atoms with Gasteiger partial charge in [-0.05, 0) is 19.0 Å². The van der Waals surface area contributed by atoms with E-state index in [2.05, 4.69) is 0 Å². The summed E-state index contributed by atoms with van der Waals surface area (Å²) >= 11 is 0. The summed E-state index contributed by atoms with van der Waals surface area (Å²) in [6.07, 6.45) is 2.92. The Balaban J connectivity index is 3.30. The maximum Gasteiger partial charge on any atom is 0.166 e. The fourth-order valence-electron chi connectivity index (χ4n) is 0.534. The molecule has 0 aliphatic rings. The lowest BCUT2D eigenvalue weighted by molar-refractivity contribution is -0.0593. The molecule has 0 saturated carbocycles. The number of hydrogen-bond acceptors (Lipinski definition) is 4. The zero-order chi connectivity index (χ0) is 7.98. The molecular formula is C6H14N2O2. The van der Waals surface area contributed by atoms with Crippen LogP contribution in [0.4, 0.5) is 0 Å². The van der Waals surface area contributed by atoms with Crippen molar-refractivity contribution in [1.29, 1.82) is 0 Å². The lowest BCUT2D eigenvalue weighted by Gasteiger charge is -2.11. The molecule has 0 bridgehead atoms. The highest BCUT2D eigenvalue weighted by Gasteiger charge is 2.08. The average molecular weight is 146 g/mol. The molecule has 0 aliphatic carbocycles. The van der Waals surface area contributed by atoms with Gasteiger partial charge in [-0.15, -0.1) is 0 Å². The van der Waals surface area contributed by atoms with E-state index in [1.807, 2.05) is 0 Å². The SMILES string of the molecule is N/C=C/CC[C@H](N)C(O)O. The monoisotopic (exact) mass is 146 g/mol. The first-order chi connectivity index (χ1) is 4.68. The molecule has 0 radical (unpaired) electrons. The van der Waals surface area contributed by atoms with Crippen LogP contribution < -0.4 is 11.5 Å². The predicted octanol–water partition coefficient (Wildman–Crippen LogP) is -1.12. The van der Waals surface area contributed by atoms with E-state index in [1.165, 1.54) is 6.20 Å². The molecule has 10 heavy (non-hydrogen) atoms. The number of aliphatic hydroxyl groups is 2. The molecule has 1 atom stereocenters. The van der Waals surface area contributed by atoms with Crippen LogP contribution in [0.25, 0.3) is 0 Å². The van der Waals surface area contributed by atoms with E-state index < -0.39 is 12.3 Å². The largest absolute Gasteiger partial charge is 0.405 e. The smallest absolute Gasteiger partial charge is 0.166 e. The molecule has 0 amide bonds. The normalized spacial score (nSPS) is 14.8. The Hall–Kier alpha value is -0.580. The summed E-state index contributed by atoms with van der Waals surface area (Å²) in [7, 11) is 0. The van der Waals surface area contributed by atoms with Gasteiger partial charge in [0.05, 0.1) is 6.04 Å². The van der Waals surface area contributed by atoms with Crippen molar-refractivity contribution in [2.45, 2.75) is 25.2 Å². The Bertz CT molecular complexity index is 104. The summed E-state index contributed by atoms with van der Waals surface area (Å²) in [6.45, 7) is 0. The molecule has 0 spiro atoms. The molecular weight excluding hydrogens is 132 g/mol. The fourth-order valence-corrected chi connectivity index (χ4v) is 0.534. The van der Waals surface area contributed by atoms with Crippen molar-refractivity contribution in [2.24, 2.45) is 11.5 Å². The summed E-state index contributed by atoms with van der Waals surface area (Å²) in [5, 5.41) is 17.0. The van der Waals surface area contributed by atoms with Crippen molar-refractivity contribution in [3.8, 4) is 0 Å². The summed E-state index contributed by atoms with van der Waals surface area (Å²) in [4.78, 5) is 0. The van der Waals surface area contributed by atoms with Crippen molar-refractivity contribution < 1.29 is 10.2 Å². The highest BCUT2D eigenvalue weighted by molar-refractivity contribution is 4.78. The van der Waals surface area contributed by atoms with E-state index in [4.69, 9.17) is 21.7 Å². The molecule has 0 unspecified atom stereocenters. The molecule has 0 aromatic rings. The van der Waals surface area contributed by atoms with E-state index in [1.54, 1.807) is 6.08 Å². The predicted molar refractivity (Wildman–Crippen MR) is 38.8 cm³/mol. The second kappa shape index (κ2) is 5.22. The molecule has 0 aromatic carbocycles. The van der Waals surface area contributed by atoms with Crippen LogP contribution in [-0.2, 0) is 0 Å². The molecule has 4 nitrogen and oxygen atoms in total. The van der Waals surface area contributed by atoms with Crippen molar-refractivity contribution >= 4 is 0 Å². The third-order valence-electron chi connectivity index (χ3n) is 1.19. The van der Waals surface area contributed by atoms with Gasteiger partial charge in [0.15, 0.2) is 6.29 Å². The van der Waals surface area contributed by atoms with Crippen LogP contribution in [-0.4, -0.2) is 22.5 Å². The third kappa shape index (κ3) is 4.31. The van der Waals surface area contributed by atoms with Crippen molar-refractivity contribution in [3.05, 3.63) is 12.3 Å². The number of aliphatic hydroxyl groups excluding tert-OH is 1. The maximum absolute atomic E-state index is 8.50. The first kappa shape index (κ1) is 9.42. The van der Waals surface area contributed by atoms with Gasteiger partial charge >= 0.3 is 0 Å². The Morgan fingerprint density at radius 2 is 2.00 bits per heavy atom. The minimum atomic E-state index is -1.42. The zero-order valence-corrected chi connectivity index (χ0v) is 5.77. The van der Waals surface area contributed by atoms with Crippen LogP contribution in [0.15, 0.2) is 12.3 Å². The molecule has 60 valence electrons. The van der Waals surface area contributed by atoms with Gasteiger partial charge in [-0.1, -0.05) is 6.08 Å². The standard InChI is InChI=1S/C6H14N2O2/c7-4-2-1-3-5(8)6(9)10/h2,4-6,9-10H,1,3,7-8H2/b4-2+/t5-/m0/s1. The summed E-state index contributed by atoms with van der Waals surface area (Å²) in [5.41, 5.74) is 10.3. The number of allylic oxidation sites excluding steroid dienone is 1. The first-order valence-electron chi connectivity index (χ1n) is 3.17. The molecule has 0 rings (SSSR count). The maximum atomic E-state index is 8.50. The van der Waals surface area contributed by atoms with Gasteiger partial charge in [0, 0.05) is 0 Å². The Labute approximate surface area is 60.1 Å². The van der Waals surface area contributed by atoms with E-state index in [0.29, 0.717) is 12.8 Å². The van der Waals surface area contributed by atoms with Crippen LogP contribution in [0.3, 0.4) is 0 Å². The third-order valence-corrected chi connectivity index (χ3v) is 1.19. The van der Waals surface area contributed by atoms with Crippen LogP contribution in [0, 0.1) is 0 Å². The van der Waals surface area contributed by atoms with Crippen LogP contribution in [0.2, 0.25) is 0 Å². The number of nitrogens with two attached hydrogens (primary N) is 2. The lowest BCUT2D eigenvalue weighted by atomic mass is 10.1. The van der Waals surface area contributed by atoms with Gasteiger partial charge < -0.3 is 21.7 Å². The molecule has 0 fully saturated rings. The summed E-state index contributed by atoms with van der Waals surface area (Å²) < 4.78 is 0. The molecule has 0 heterocycles. The zero-order valence-electron chi connectivity index (χ0n) is 5.77. The van der Waals surface area contributed by atoms with Gasteiger partial charge in [-0.25, -0.2) is 0 Å². The van der Waals surface area contributed by atoms with Crippen molar-refractivity contribution in [3.63, 3.8) is 0 Å². The van der Waals surface area contributed by atoms with E-state index in [-0.39, 0.29) is 0 Å². The van der Waals surface area contributed by atoms with E-state index >= 15 is 0 Å². The Morgan fingerprint density at radius 3 is 2.40 bits per heavy atom. The summed E-state index contributed by atoms with van der Waals surface area (Å²) in [6, 6.07) is -0.573. The van der Waals surface area contributed by atoms with E-state index in [0.717, 1.165) is 0 Å². The molecule has 0 saturated heterocycles. The van der Waals surface area contributed by atoms with Gasteiger partial charge in [-0.2, -0.15) is 0 Å². The highest BCUT2D eigenvalue weighted by atomic mass is 16.5. The molecule has 4 heteroatoms. The van der Waals surface area contributed by atoms with Gasteiger partial charge in [0.1, 0.15) is 0 Å².